The molecule has 3 aromatic rings. The second-order valence-electron chi connectivity index (χ2n) is 7.08. The highest BCUT2D eigenvalue weighted by atomic mass is 32.9. The molecule has 0 radical (unpaired) electrons. The van der Waals surface area contributed by atoms with Gasteiger partial charge in [0, 0.05) is 43.9 Å². The monoisotopic (exact) mass is 428 g/mol. The van der Waals surface area contributed by atoms with E-state index in [1.54, 1.807) is 20.7 Å². The average Bonchev–Trinajstić information content (AvgIpc) is 3.12. The minimum atomic E-state index is 0.377. The molecule has 4 rings (SSSR count). The van der Waals surface area contributed by atoms with Gasteiger partial charge in [0.2, 0.25) is 0 Å². The second-order valence-corrected chi connectivity index (χ2v) is 9.89. The number of phenolic OH excluding ortho intramolecular Hbond substituents is 1. The first-order chi connectivity index (χ1) is 13.7. The van der Waals surface area contributed by atoms with Crippen molar-refractivity contribution in [2.24, 2.45) is 0 Å². The van der Waals surface area contributed by atoms with Gasteiger partial charge in [0.05, 0.1) is 4.88 Å². The molecule has 0 spiro atoms. The zero-order valence-electron chi connectivity index (χ0n) is 15.9. The van der Waals surface area contributed by atoms with E-state index in [9.17, 15) is 5.11 Å². The van der Waals surface area contributed by atoms with Crippen LogP contribution in [0.15, 0.2) is 48.5 Å². The van der Waals surface area contributed by atoms with Crippen LogP contribution in [-0.2, 0) is 6.54 Å². The van der Waals surface area contributed by atoms with Gasteiger partial charge in [-0.05, 0) is 35.9 Å². The van der Waals surface area contributed by atoms with Gasteiger partial charge in [-0.15, -0.1) is 0 Å². The average molecular weight is 429 g/mol. The van der Waals surface area contributed by atoms with Crippen molar-refractivity contribution in [3.63, 3.8) is 0 Å². The summed E-state index contributed by atoms with van der Waals surface area (Å²) in [5.41, 5.74) is 4.42. The molecule has 0 saturated carbocycles. The van der Waals surface area contributed by atoms with Gasteiger partial charge in [-0.25, -0.2) is 0 Å². The molecule has 1 aliphatic heterocycles. The number of nitrogens with zero attached hydrogens (tertiary/aromatic N) is 2. The van der Waals surface area contributed by atoms with Gasteiger partial charge >= 0.3 is 0 Å². The Labute approximate surface area is 178 Å². The summed E-state index contributed by atoms with van der Waals surface area (Å²) in [6.45, 7) is 8.40. The molecule has 2 aromatic carbocycles. The molecule has 2 heterocycles. The molecule has 28 heavy (non-hydrogen) atoms. The lowest BCUT2D eigenvalue weighted by Crippen LogP contribution is -2.45. The normalized spacial score (nSPS) is 15.8. The van der Waals surface area contributed by atoms with Crippen molar-refractivity contribution in [1.29, 1.82) is 0 Å². The molecule has 1 N–H and O–H groups in total. The van der Waals surface area contributed by atoms with Gasteiger partial charge in [-0.2, -0.15) is 0 Å². The fourth-order valence-corrected chi connectivity index (χ4v) is 6.57. The largest absolute Gasteiger partial charge is 0.508 e. The number of rotatable bonds is 5. The second kappa shape index (κ2) is 8.84. The summed E-state index contributed by atoms with van der Waals surface area (Å²) in [6.07, 6.45) is 0. The first-order valence-electron chi connectivity index (χ1n) is 9.61. The van der Waals surface area contributed by atoms with Crippen LogP contribution in [0, 0.1) is 3.82 Å². The van der Waals surface area contributed by atoms with E-state index >= 15 is 0 Å². The van der Waals surface area contributed by atoms with Crippen LogP contribution < -0.4 is 0 Å². The van der Waals surface area contributed by atoms with Crippen molar-refractivity contribution in [2.75, 3.05) is 32.7 Å². The van der Waals surface area contributed by atoms with Crippen molar-refractivity contribution >= 4 is 32.9 Å². The summed E-state index contributed by atoms with van der Waals surface area (Å²) in [4.78, 5) is 6.09. The van der Waals surface area contributed by atoms with E-state index in [0.29, 0.717) is 5.75 Å². The molecular formula is C22H24N2OS3. The predicted molar refractivity (Wildman–Crippen MR) is 123 cm³/mol. The molecule has 0 atom stereocenters. The molecule has 1 saturated heterocycles. The van der Waals surface area contributed by atoms with Gasteiger partial charge in [0.25, 0.3) is 0 Å². The maximum absolute atomic E-state index is 10.5. The molecule has 1 aromatic heterocycles. The Balaban J connectivity index is 1.63. The number of hydrogen-bond donors (Lipinski definition) is 1. The van der Waals surface area contributed by atoms with Crippen LogP contribution in [-0.4, -0.2) is 47.6 Å². The molecule has 3 nitrogen and oxygen atoms in total. The van der Waals surface area contributed by atoms with Crippen molar-refractivity contribution in [3.05, 3.63) is 57.9 Å². The Hall–Kier alpha value is -1.57. The van der Waals surface area contributed by atoms with Gasteiger partial charge in [0.1, 0.15) is 9.57 Å². The first kappa shape index (κ1) is 19.7. The summed E-state index contributed by atoms with van der Waals surface area (Å²) < 4.78 is 0.927. The molecule has 1 fully saturated rings. The van der Waals surface area contributed by atoms with Crippen LogP contribution in [0.25, 0.3) is 21.6 Å². The minimum absolute atomic E-state index is 0.377. The van der Waals surface area contributed by atoms with E-state index in [1.807, 2.05) is 18.2 Å². The predicted octanol–water partition coefficient (Wildman–Crippen LogP) is 5.72. The topological polar surface area (TPSA) is 26.7 Å². The van der Waals surface area contributed by atoms with E-state index in [2.05, 4.69) is 47.1 Å². The molecule has 0 amide bonds. The molecule has 0 unspecified atom stereocenters. The first-order valence-corrected chi connectivity index (χ1v) is 12.2. The van der Waals surface area contributed by atoms with Crippen LogP contribution in [0.4, 0.5) is 0 Å². The quantitative estimate of drug-likeness (QED) is 0.415. The van der Waals surface area contributed by atoms with Crippen LogP contribution in [0.5, 0.6) is 5.75 Å². The van der Waals surface area contributed by atoms with Crippen molar-refractivity contribution in [1.82, 2.24) is 9.80 Å². The Morgan fingerprint density at radius 1 is 0.929 bits per heavy atom. The van der Waals surface area contributed by atoms with Gasteiger partial charge in [-0.1, -0.05) is 70.2 Å². The van der Waals surface area contributed by atoms with Gasteiger partial charge < -0.3 is 10.0 Å². The molecule has 0 bridgehead atoms. The van der Waals surface area contributed by atoms with Crippen LogP contribution in [0.2, 0.25) is 0 Å². The highest BCUT2D eigenvalue weighted by Gasteiger charge is 2.18. The molecule has 0 aliphatic carbocycles. The Morgan fingerprint density at radius 3 is 2.36 bits per heavy atom. The summed E-state index contributed by atoms with van der Waals surface area (Å²) in [5, 5.41) is 10.5. The Morgan fingerprint density at radius 2 is 1.64 bits per heavy atom. The third-order valence-corrected chi connectivity index (χ3v) is 8.41. The molecular weight excluding hydrogens is 404 g/mol. The highest BCUT2D eigenvalue weighted by molar-refractivity contribution is 7.80. The minimum Gasteiger partial charge on any atom is -0.508 e. The van der Waals surface area contributed by atoms with Crippen molar-refractivity contribution < 1.29 is 5.11 Å². The van der Waals surface area contributed by atoms with Gasteiger partial charge in [0.15, 0.2) is 0 Å². The zero-order valence-corrected chi connectivity index (χ0v) is 18.4. The number of hydrogen-bond acceptors (Lipinski definition) is 6. The Bertz CT molecular complexity index is 989. The van der Waals surface area contributed by atoms with Crippen LogP contribution >= 0.6 is 32.9 Å². The van der Waals surface area contributed by atoms with E-state index in [0.717, 1.165) is 65.3 Å². The SMILES string of the molecule is CCN1CCN(Cc2cc(-c3ssc(=S)c3-c3ccccc3)ccc2O)CC1. The number of benzene rings is 2. The van der Waals surface area contributed by atoms with E-state index in [-0.39, 0.29) is 0 Å². The number of phenols is 1. The highest BCUT2D eigenvalue weighted by Crippen LogP contribution is 2.42. The fourth-order valence-electron chi connectivity index (χ4n) is 3.66. The zero-order chi connectivity index (χ0) is 19.5. The Kier molecular flexibility index (Phi) is 6.23. The molecule has 146 valence electrons. The maximum Gasteiger partial charge on any atom is 0.120 e. The van der Waals surface area contributed by atoms with E-state index < -0.39 is 0 Å². The summed E-state index contributed by atoms with van der Waals surface area (Å²) in [5.74, 6) is 0.377. The third-order valence-electron chi connectivity index (χ3n) is 5.34. The van der Waals surface area contributed by atoms with E-state index in [1.165, 1.54) is 4.88 Å². The lowest BCUT2D eigenvalue weighted by atomic mass is 10.0. The lowest BCUT2D eigenvalue weighted by molar-refractivity contribution is 0.131. The standard InChI is InChI=1S/C22H24N2OS3/c1-2-23-10-12-24(13-11-23)15-18-14-17(8-9-19(18)25)21-20(22(26)28-27-21)16-6-4-3-5-7-16/h3-9,14,25H,2,10-13,15H2,1H3. The van der Waals surface area contributed by atoms with Crippen molar-refractivity contribution in [2.45, 2.75) is 13.5 Å². The van der Waals surface area contributed by atoms with E-state index in [4.69, 9.17) is 12.2 Å². The lowest BCUT2D eigenvalue weighted by Gasteiger charge is -2.34. The number of likely N-dealkylation sites (N-methyl/N-ethyl adjacent to an activating group) is 1. The maximum atomic E-state index is 10.5. The van der Waals surface area contributed by atoms with Crippen LogP contribution in [0.3, 0.4) is 0 Å². The fraction of sp³-hybridized carbons (Fsp3) is 0.318. The smallest absolute Gasteiger partial charge is 0.120 e. The third kappa shape index (κ3) is 4.21. The molecule has 1 aliphatic rings. The molecule has 6 heteroatoms. The summed E-state index contributed by atoms with van der Waals surface area (Å²) >= 11 is 5.63. The summed E-state index contributed by atoms with van der Waals surface area (Å²) in [7, 11) is 3.37. The summed E-state index contributed by atoms with van der Waals surface area (Å²) in [6, 6.07) is 16.3. The number of aromatic hydroxyl groups is 1. The van der Waals surface area contributed by atoms with Crippen LogP contribution in [0.1, 0.15) is 12.5 Å². The van der Waals surface area contributed by atoms with Crippen molar-refractivity contribution in [3.8, 4) is 27.3 Å². The van der Waals surface area contributed by atoms with Gasteiger partial charge in [-0.3, -0.25) is 4.90 Å². The number of piperazine rings is 1.